The van der Waals surface area contributed by atoms with Crippen molar-refractivity contribution >= 4 is 10.5 Å². The highest BCUT2D eigenvalue weighted by molar-refractivity contribution is 5.97. The van der Waals surface area contributed by atoms with Gasteiger partial charge in [0, 0.05) is 13.2 Å². The molecule has 3 nitrogen and oxygen atoms in total. The Bertz CT molecular complexity index is 86.5. The highest BCUT2D eigenvalue weighted by Gasteiger charge is 2.16. The van der Waals surface area contributed by atoms with Crippen LogP contribution in [0.1, 0.15) is 26.2 Å². The summed E-state index contributed by atoms with van der Waals surface area (Å²) in [5.41, 5.74) is 5.49. The predicted molar refractivity (Wildman–Crippen MR) is 47.2 cm³/mol. The van der Waals surface area contributed by atoms with E-state index in [0.717, 1.165) is 6.04 Å². The van der Waals surface area contributed by atoms with Crippen LogP contribution in [0.15, 0.2) is 0 Å². The first-order valence-corrected chi connectivity index (χ1v) is 4.33. The highest BCUT2D eigenvalue weighted by Crippen LogP contribution is 2.17. The van der Waals surface area contributed by atoms with Crippen molar-refractivity contribution in [1.82, 2.24) is 5.32 Å². The molecular formula is C7H17N2OSi. The Morgan fingerprint density at radius 1 is 1.64 bits per heavy atom. The fourth-order valence-electron chi connectivity index (χ4n) is 0.947. The molecule has 3 N–H and O–H groups in total. The fraction of sp³-hybridized carbons (Fsp3) is 1.00. The molecule has 65 valence electrons. The Morgan fingerprint density at radius 3 is 2.18 bits per heavy atom. The van der Waals surface area contributed by atoms with E-state index in [2.05, 4.69) is 20.2 Å². The third-order valence-corrected chi connectivity index (χ3v) is 1.60. The second kappa shape index (κ2) is 6.79. The SMILES string of the molecule is CC(N)NC1CCC1.CO[Si]. The van der Waals surface area contributed by atoms with Crippen LogP contribution in [0.5, 0.6) is 0 Å². The molecule has 1 unspecified atom stereocenters. The topological polar surface area (TPSA) is 47.3 Å². The van der Waals surface area contributed by atoms with Crippen molar-refractivity contribution in [2.45, 2.75) is 38.4 Å². The normalized spacial score (nSPS) is 19.6. The van der Waals surface area contributed by atoms with E-state index >= 15 is 0 Å². The Kier molecular flexibility index (Phi) is 6.85. The van der Waals surface area contributed by atoms with Gasteiger partial charge in [-0.3, -0.25) is 5.32 Å². The monoisotopic (exact) mass is 173 g/mol. The quantitative estimate of drug-likeness (QED) is 0.461. The molecule has 0 aromatic heterocycles. The van der Waals surface area contributed by atoms with E-state index in [9.17, 15) is 0 Å². The van der Waals surface area contributed by atoms with Crippen LogP contribution < -0.4 is 11.1 Å². The van der Waals surface area contributed by atoms with Gasteiger partial charge >= 0.3 is 0 Å². The van der Waals surface area contributed by atoms with E-state index in [-0.39, 0.29) is 6.17 Å². The molecule has 11 heavy (non-hydrogen) atoms. The summed E-state index contributed by atoms with van der Waals surface area (Å²) in [6, 6.07) is 0.731. The molecule has 0 bridgehead atoms. The lowest BCUT2D eigenvalue weighted by atomic mass is 9.93. The molecule has 1 atom stereocenters. The number of rotatable bonds is 2. The molecule has 0 spiro atoms. The van der Waals surface area contributed by atoms with Crippen molar-refractivity contribution in [1.29, 1.82) is 0 Å². The summed E-state index contributed by atoms with van der Waals surface area (Å²) >= 11 is 0. The Morgan fingerprint density at radius 2 is 2.09 bits per heavy atom. The molecule has 1 aliphatic rings. The molecule has 3 radical (unpaired) electrons. The molecule has 0 aromatic carbocycles. The van der Waals surface area contributed by atoms with Crippen molar-refractivity contribution in [2.24, 2.45) is 5.73 Å². The van der Waals surface area contributed by atoms with Crippen molar-refractivity contribution in [2.75, 3.05) is 7.11 Å². The van der Waals surface area contributed by atoms with Crippen molar-refractivity contribution in [3.63, 3.8) is 0 Å². The minimum atomic E-state index is 0.181. The fourth-order valence-corrected chi connectivity index (χ4v) is 0.947. The maximum absolute atomic E-state index is 5.49. The van der Waals surface area contributed by atoms with E-state index in [1.165, 1.54) is 26.4 Å². The largest absolute Gasteiger partial charge is 0.422 e. The lowest BCUT2D eigenvalue weighted by molar-refractivity contribution is 0.313. The molecule has 0 saturated heterocycles. The zero-order valence-electron chi connectivity index (χ0n) is 7.26. The number of hydrogen-bond acceptors (Lipinski definition) is 3. The Balaban J connectivity index is 0.000000292. The predicted octanol–water partition coefficient (Wildman–Crippen LogP) is 0.149. The first-order chi connectivity index (χ1) is 5.20. The van der Waals surface area contributed by atoms with Gasteiger partial charge in [-0.1, -0.05) is 6.42 Å². The van der Waals surface area contributed by atoms with Crippen LogP contribution in [0.4, 0.5) is 0 Å². The van der Waals surface area contributed by atoms with Crippen LogP contribution in [-0.4, -0.2) is 29.8 Å². The van der Waals surface area contributed by atoms with Crippen LogP contribution in [-0.2, 0) is 4.43 Å². The maximum Gasteiger partial charge on any atom is 0.245 e. The molecular weight excluding hydrogens is 156 g/mol. The van der Waals surface area contributed by atoms with Crippen molar-refractivity contribution in [3.05, 3.63) is 0 Å². The van der Waals surface area contributed by atoms with Gasteiger partial charge in [-0.25, -0.2) is 0 Å². The molecule has 0 aromatic rings. The Labute approximate surface area is 72.2 Å². The molecule has 1 saturated carbocycles. The van der Waals surface area contributed by atoms with Crippen molar-refractivity contribution in [3.8, 4) is 0 Å². The minimum Gasteiger partial charge on any atom is -0.422 e. The molecule has 1 fully saturated rings. The van der Waals surface area contributed by atoms with Gasteiger partial charge in [0.1, 0.15) is 0 Å². The maximum atomic E-state index is 5.49. The minimum absolute atomic E-state index is 0.181. The summed E-state index contributed by atoms with van der Waals surface area (Å²) in [5, 5.41) is 3.26. The molecule has 0 amide bonds. The van der Waals surface area contributed by atoms with Gasteiger partial charge in [0.15, 0.2) is 0 Å². The summed E-state index contributed by atoms with van der Waals surface area (Å²) < 4.78 is 4.06. The zero-order valence-corrected chi connectivity index (χ0v) is 8.26. The molecule has 1 rings (SSSR count). The first-order valence-electron chi connectivity index (χ1n) is 3.92. The molecule has 1 aliphatic carbocycles. The number of nitrogens with two attached hydrogens (primary N) is 1. The summed E-state index contributed by atoms with van der Waals surface area (Å²) in [4.78, 5) is 0. The van der Waals surface area contributed by atoms with Crippen LogP contribution in [0, 0.1) is 0 Å². The zero-order chi connectivity index (χ0) is 8.69. The van der Waals surface area contributed by atoms with Crippen LogP contribution in [0.3, 0.4) is 0 Å². The first kappa shape index (κ1) is 11.1. The lowest BCUT2D eigenvalue weighted by Crippen LogP contribution is -2.45. The number of hydrogen-bond donors (Lipinski definition) is 2. The summed E-state index contributed by atoms with van der Waals surface area (Å²) in [6.45, 7) is 1.98. The van der Waals surface area contributed by atoms with Gasteiger partial charge in [0.25, 0.3) is 0 Å². The average molecular weight is 173 g/mol. The highest BCUT2D eigenvalue weighted by atomic mass is 28.2. The second-order valence-corrected chi connectivity index (χ2v) is 3.20. The van der Waals surface area contributed by atoms with E-state index in [1.807, 2.05) is 6.92 Å². The Hall–Kier alpha value is 0.0969. The van der Waals surface area contributed by atoms with E-state index in [4.69, 9.17) is 5.73 Å². The van der Waals surface area contributed by atoms with E-state index < -0.39 is 0 Å². The third kappa shape index (κ3) is 6.49. The van der Waals surface area contributed by atoms with Crippen molar-refractivity contribution < 1.29 is 4.43 Å². The van der Waals surface area contributed by atoms with E-state index in [0.29, 0.717) is 0 Å². The third-order valence-electron chi connectivity index (χ3n) is 1.60. The lowest BCUT2D eigenvalue weighted by Gasteiger charge is -2.28. The second-order valence-electron chi connectivity index (χ2n) is 2.79. The standard InChI is InChI=1S/C6H14N2.CH3OSi/c1-5(7)8-6-3-2-4-6;1-2-3/h5-6,8H,2-4,7H2,1H3;1H3. The van der Waals surface area contributed by atoms with Gasteiger partial charge in [-0.2, -0.15) is 0 Å². The van der Waals surface area contributed by atoms with Crippen LogP contribution >= 0.6 is 0 Å². The number of nitrogens with one attached hydrogen (secondary N) is 1. The summed E-state index contributed by atoms with van der Waals surface area (Å²) in [7, 11) is 4.22. The summed E-state index contributed by atoms with van der Waals surface area (Å²) in [5.74, 6) is 0. The van der Waals surface area contributed by atoms with Gasteiger partial charge in [0.05, 0.1) is 6.17 Å². The van der Waals surface area contributed by atoms with Crippen LogP contribution in [0.25, 0.3) is 0 Å². The molecule has 0 aliphatic heterocycles. The molecule has 0 heterocycles. The van der Waals surface area contributed by atoms with Crippen LogP contribution in [0.2, 0.25) is 0 Å². The van der Waals surface area contributed by atoms with Gasteiger partial charge in [-0.15, -0.1) is 0 Å². The van der Waals surface area contributed by atoms with E-state index in [1.54, 1.807) is 0 Å². The van der Waals surface area contributed by atoms with Gasteiger partial charge < -0.3 is 10.2 Å². The summed E-state index contributed by atoms with van der Waals surface area (Å²) in [6.07, 6.45) is 4.20. The van der Waals surface area contributed by atoms with Gasteiger partial charge in [0.2, 0.25) is 10.5 Å². The van der Waals surface area contributed by atoms with Gasteiger partial charge in [-0.05, 0) is 19.8 Å². The average Bonchev–Trinajstić information content (AvgIpc) is 1.81. The smallest absolute Gasteiger partial charge is 0.245 e. The molecule has 4 heteroatoms.